The molecule has 0 bridgehead atoms. The summed E-state index contributed by atoms with van der Waals surface area (Å²) in [6, 6.07) is 65.8. The van der Waals surface area contributed by atoms with Gasteiger partial charge in [-0.25, -0.2) is 19.9 Å². The Bertz CT molecular complexity index is 3150. The molecule has 0 aliphatic rings. The van der Waals surface area contributed by atoms with E-state index >= 15 is 0 Å². The first-order valence-electron chi connectivity index (χ1n) is 18.6. The second-order valence-electron chi connectivity index (χ2n) is 13.9. The van der Waals surface area contributed by atoms with E-state index in [0.29, 0.717) is 17.5 Å². The Morgan fingerprint density at radius 3 is 1.71 bits per heavy atom. The van der Waals surface area contributed by atoms with Gasteiger partial charge in [-0.05, 0) is 64.4 Å². The molecule has 0 aliphatic carbocycles. The van der Waals surface area contributed by atoms with Gasteiger partial charge in [-0.1, -0.05) is 146 Å². The van der Waals surface area contributed by atoms with Crippen LogP contribution in [0.3, 0.4) is 0 Å². The molecule has 11 rings (SSSR count). The highest BCUT2D eigenvalue weighted by molar-refractivity contribution is 7.21. The Morgan fingerprint density at radius 2 is 0.982 bits per heavy atom. The number of hydrogen-bond acceptors (Lipinski definition) is 5. The summed E-state index contributed by atoms with van der Waals surface area (Å²) in [4.78, 5) is 19.8. The van der Waals surface area contributed by atoms with Gasteiger partial charge >= 0.3 is 0 Å². The molecule has 0 N–H and O–H groups in total. The molecule has 0 unspecified atom stereocenters. The predicted molar refractivity (Wildman–Crippen MR) is 232 cm³/mol. The van der Waals surface area contributed by atoms with Gasteiger partial charge in [-0.3, -0.25) is 0 Å². The van der Waals surface area contributed by atoms with Crippen LogP contribution < -0.4 is 0 Å². The average molecular weight is 734 g/mol. The molecule has 0 radical (unpaired) electrons. The van der Waals surface area contributed by atoms with Crippen LogP contribution in [0.15, 0.2) is 188 Å². The van der Waals surface area contributed by atoms with Gasteiger partial charge in [0.05, 0.1) is 21.3 Å². The van der Waals surface area contributed by atoms with E-state index in [1.54, 1.807) is 11.3 Å². The molecule has 3 aromatic heterocycles. The first kappa shape index (κ1) is 32.2. The minimum atomic E-state index is 0.642. The second kappa shape index (κ2) is 13.2. The Kier molecular flexibility index (Phi) is 7.60. The molecule has 0 saturated heterocycles. The van der Waals surface area contributed by atoms with E-state index in [-0.39, 0.29) is 0 Å². The Hall–Kier alpha value is -7.28. The van der Waals surface area contributed by atoms with E-state index in [4.69, 9.17) is 19.9 Å². The molecule has 8 aromatic carbocycles. The molecule has 262 valence electrons. The molecule has 3 heterocycles. The van der Waals surface area contributed by atoms with Crippen molar-refractivity contribution in [1.82, 2.24) is 24.5 Å². The van der Waals surface area contributed by atoms with Gasteiger partial charge in [0.25, 0.3) is 0 Å². The van der Waals surface area contributed by atoms with Crippen molar-refractivity contribution in [3.63, 3.8) is 0 Å². The van der Waals surface area contributed by atoms with Crippen molar-refractivity contribution in [1.29, 1.82) is 0 Å². The zero-order chi connectivity index (χ0) is 37.0. The summed E-state index contributed by atoms with van der Waals surface area (Å²) in [6.07, 6.45) is 0. The lowest BCUT2D eigenvalue weighted by Gasteiger charge is -2.12. The van der Waals surface area contributed by atoms with Crippen molar-refractivity contribution in [2.45, 2.75) is 0 Å². The summed E-state index contributed by atoms with van der Waals surface area (Å²) < 4.78 is 3.60. The van der Waals surface area contributed by atoms with E-state index in [2.05, 4.69) is 132 Å². The Labute approximate surface area is 326 Å². The first-order valence-corrected chi connectivity index (χ1v) is 19.5. The van der Waals surface area contributed by atoms with Crippen molar-refractivity contribution < 1.29 is 0 Å². The fraction of sp³-hybridized carbons (Fsp3) is 0. The number of nitrogens with zero attached hydrogens (tertiary/aromatic N) is 5. The second-order valence-corrected chi connectivity index (χ2v) is 14.9. The lowest BCUT2D eigenvalue weighted by molar-refractivity contribution is 1.07. The van der Waals surface area contributed by atoms with Gasteiger partial charge in [0.2, 0.25) is 0 Å². The molecule has 5 nitrogen and oxygen atoms in total. The van der Waals surface area contributed by atoms with E-state index < -0.39 is 0 Å². The Balaban J connectivity index is 0.999. The van der Waals surface area contributed by atoms with Crippen LogP contribution in [0.1, 0.15) is 0 Å². The molecule has 0 spiro atoms. The van der Waals surface area contributed by atoms with E-state index in [0.717, 1.165) is 49.6 Å². The SMILES string of the molecule is c1ccc(-c2nc(-c3ccccc3)nc(-c3ccc(-c4ccc5ccc(-n6c7ccccc7c7cccc(-c8nc9ccccc9s8)c76)cc5c4)cc3)n2)cc1. The van der Waals surface area contributed by atoms with Crippen molar-refractivity contribution in [3.8, 4) is 61.5 Å². The van der Waals surface area contributed by atoms with Crippen LogP contribution in [-0.4, -0.2) is 24.5 Å². The van der Waals surface area contributed by atoms with Crippen molar-refractivity contribution in [3.05, 3.63) is 188 Å². The molecule has 0 aliphatic heterocycles. The van der Waals surface area contributed by atoms with Crippen LogP contribution >= 0.6 is 11.3 Å². The third kappa shape index (κ3) is 5.54. The summed E-state index contributed by atoms with van der Waals surface area (Å²) in [5.41, 5.74) is 10.7. The number of thiazole rings is 1. The molecular formula is C50H31N5S. The van der Waals surface area contributed by atoms with Crippen molar-refractivity contribution in [2.24, 2.45) is 0 Å². The predicted octanol–water partition coefficient (Wildman–Crippen LogP) is 13.1. The average Bonchev–Trinajstić information content (AvgIpc) is 3.86. The molecule has 0 fully saturated rings. The van der Waals surface area contributed by atoms with Crippen LogP contribution in [0.2, 0.25) is 0 Å². The number of para-hydroxylation sites is 3. The molecule has 11 aromatic rings. The molecule has 56 heavy (non-hydrogen) atoms. The number of rotatable bonds is 6. The van der Waals surface area contributed by atoms with Crippen molar-refractivity contribution in [2.75, 3.05) is 0 Å². The first-order chi connectivity index (χ1) is 27.7. The minimum absolute atomic E-state index is 0.642. The van der Waals surface area contributed by atoms with E-state index in [9.17, 15) is 0 Å². The van der Waals surface area contributed by atoms with Crippen LogP contribution in [-0.2, 0) is 0 Å². The quantitative estimate of drug-likeness (QED) is 0.171. The van der Waals surface area contributed by atoms with Crippen LogP contribution in [0.4, 0.5) is 0 Å². The van der Waals surface area contributed by atoms with Crippen molar-refractivity contribution >= 4 is 54.1 Å². The third-order valence-corrected chi connectivity index (χ3v) is 11.5. The molecule has 0 atom stereocenters. The van der Waals surface area contributed by atoms with Gasteiger partial charge in [-0.2, -0.15) is 0 Å². The summed E-state index contributed by atoms with van der Waals surface area (Å²) in [5.74, 6) is 1.95. The number of aromatic nitrogens is 5. The maximum absolute atomic E-state index is 5.09. The number of hydrogen-bond donors (Lipinski definition) is 0. The number of benzene rings is 8. The lowest BCUT2D eigenvalue weighted by Crippen LogP contribution is -2.00. The van der Waals surface area contributed by atoms with Gasteiger partial charge in [0.15, 0.2) is 17.5 Å². The topological polar surface area (TPSA) is 56.5 Å². The minimum Gasteiger partial charge on any atom is -0.309 e. The van der Waals surface area contributed by atoms with Crippen LogP contribution in [0.25, 0.3) is 104 Å². The lowest BCUT2D eigenvalue weighted by atomic mass is 9.99. The molecule has 0 saturated carbocycles. The van der Waals surface area contributed by atoms with E-state index in [1.165, 1.54) is 37.3 Å². The van der Waals surface area contributed by atoms with Crippen LogP contribution in [0.5, 0.6) is 0 Å². The standard InChI is InChI=1S/C50H31N5S/c1-3-12-34(13-4-1)47-52-48(35-14-5-2-6-15-35)54-49(53-47)36-25-22-32(23-26-36)37-27-24-33-28-29-39(31-38(33)30-37)55-44-20-9-7-16-40(44)41-17-11-18-42(46(41)55)50-51-43-19-8-10-21-45(43)56-50/h1-31H. The van der Waals surface area contributed by atoms with Crippen LogP contribution in [0, 0.1) is 0 Å². The zero-order valence-corrected chi connectivity index (χ0v) is 30.9. The fourth-order valence-corrected chi connectivity index (χ4v) is 8.74. The molecular weight excluding hydrogens is 703 g/mol. The summed E-state index contributed by atoms with van der Waals surface area (Å²) >= 11 is 1.74. The van der Waals surface area contributed by atoms with Gasteiger partial charge in [0, 0.05) is 38.7 Å². The fourth-order valence-electron chi connectivity index (χ4n) is 7.75. The summed E-state index contributed by atoms with van der Waals surface area (Å²) in [6.45, 7) is 0. The highest BCUT2D eigenvalue weighted by Crippen LogP contribution is 2.41. The molecule has 6 heteroatoms. The third-order valence-electron chi connectivity index (χ3n) is 10.5. The maximum atomic E-state index is 5.09. The number of fused-ring (bicyclic) bond motifs is 5. The highest BCUT2D eigenvalue weighted by Gasteiger charge is 2.19. The zero-order valence-electron chi connectivity index (χ0n) is 30.0. The van der Waals surface area contributed by atoms with Gasteiger partial charge in [-0.15, -0.1) is 11.3 Å². The summed E-state index contributed by atoms with van der Waals surface area (Å²) in [7, 11) is 0. The summed E-state index contributed by atoms with van der Waals surface area (Å²) in [5, 5.41) is 5.83. The monoisotopic (exact) mass is 733 g/mol. The van der Waals surface area contributed by atoms with E-state index in [1.807, 2.05) is 60.7 Å². The Morgan fingerprint density at radius 1 is 0.393 bits per heavy atom. The highest BCUT2D eigenvalue weighted by atomic mass is 32.1. The largest absolute Gasteiger partial charge is 0.309 e. The van der Waals surface area contributed by atoms with Gasteiger partial charge < -0.3 is 4.57 Å². The molecule has 0 amide bonds. The smallest absolute Gasteiger partial charge is 0.164 e. The maximum Gasteiger partial charge on any atom is 0.164 e. The normalized spacial score (nSPS) is 11.6. The van der Waals surface area contributed by atoms with Gasteiger partial charge in [0.1, 0.15) is 5.01 Å².